The molecule has 0 aromatic carbocycles. The number of piperidine rings is 1. The van der Waals surface area contributed by atoms with E-state index in [2.05, 4.69) is 11.8 Å². The van der Waals surface area contributed by atoms with Crippen molar-refractivity contribution in [3.8, 4) is 0 Å². The summed E-state index contributed by atoms with van der Waals surface area (Å²) in [5.41, 5.74) is 0.0742. The Balaban J connectivity index is 1.86. The van der Waals surface area contributed by atoms with Crippen LogP contribution >= 0.6 is 0 Å². The average molecular weight is 264 g/mol. The molecule has 0 N–H and O–H groups in total. The summed E-state index contributed by atoms with van der Waals surface area (Å²) in [5.74, 6) is 0.415. The molecule has 0 radical (unpaired) electrons. The summed E-state index contributed by atoms with van der Waals surface area (Å²) in [7, 11) is 0. The van der Waals surface area contributed by atoms with Crippen molar-refractivity contribution in [2.45, 2.75) is 69.9 Å². The van der Waals surface area contributed by atoms with E-state index in [0.29, 0.717) is 13.0 Å². The third-order valence-electron chi connectivity index (χ3n) is 5.44. The number of hydrogen-bond acceptors (Lipinski definition) is 2. The highest BCUT2D eigenvalue weighted by atomic mass is 16.2. The molecule has 19 heavy (non-hydrogen) atoms. The zero-order chi connectivity index (χ0) is 13.5. The Kier molecular flexibility index (Phi) is 3.27. The number of carbonyl (C=O) groups excluding carboxylic acids is 2. The maximum Gasteiger partial charge on any atom is 0.245 e. The van der Waals surface area contributed by atoms with E-state index in [-0.39, 0.29) is 23.4 Å². The van der Waals surface area contributed by atoms with Crippen LogP contribution in [0, 0.1) is 0 Å². The number of fused-ring (bicyclic) bond motifs is 1. The van der Waals surface area contributed by atoms with Gasteiger partial charge in [0, 0.05) is 25.0 Å². The molecule has 2 heterocycles. The van der Waals surface area contributed by atoms with Crippen LogP contribution in [0.2, 0.25) is 0 Å². The van der Waals surface area contributed by atoms with Gasteiger partial charge in [-0.25, -0.2) is 0 Å². The molecule has 3 rings (SSSR count). The van der Waals surface area contributed by atoms with Crippen molar-refractivity contribution in [1.82, 2.24) is 9.80 Å². The van der Waals surface area contributed by atoms with Gasteiger partial charge < -0.3 is 9.80 Å². The molecule has 2 amide bonds. The molecule has 0 aromatic heterocycles. The number of rotatable bonds is 2. The first kappa shape index (κ1) is 12.9. The zero-order valence-electron chi connectivity index (χ0n) is 11.9. The molecule has 4 nitrogen and oxygen atoms in total. The molecule has 0 spiro atoms. The molecule has 2 aliphatic heterocycles. The van der Waals surface area contributed by atoms with E-state index in [1.807, 2.05) is 4.90 Å². The summed E-state index contributed by atoms with van der Waals surface area (Å²) < 4.78 is 0. The van der Waals surface area contributed by atoms with Gasteiger partial charge in [-0.2, -0.15) is 0 Å². The van der Waals surface area contributed by atoms with E-state index in [1.165, 1.54) is 6.42 Å². The molecule has 3 aliphatic rings. The molecule has 106 valence electrons. The van der Waals surface area contributed by atoms with E-state index in [1.54, 1.807) is 0 Å². The molecule has 2 saturated heterocycles. The third-order valence-corrected chi connectivity index (χ3v) is 5.44. The van der Waals surface area contributed by atoms with Crippen LogP contribution in [-0.2, 0) is 9.59 Å². The molecule has 1 aliphatic carbocycles. The van der Waals surface area contributed by atoms with Crippen molar-refractivity contribution in [3.05, 3.63) is 0 Å². The Morgan fingerprint density at radius 1 is 1.16 bits per heavy atom. The Hall–Kier alpha value is -1.06. The lowest BCUT2D eigenvalue weighted by Crippen LogP contribution is -2.59. The molecule has 1 atom stereocenters. The average Bonchev–Trinajstić information content (AvgIpc) is 2.51. The first-order valence-electron chi connectivity index (χ1n) is 7.79. The summed E-state index contributed by atoms with van der Waals surface area (Å²) in [5, 5.41) is 0. The van der Waals surface area contributed by atoms with Gasteiger partial charge in [-0.1, -0.05) is 6.92 Å². The van der Waals surface area contributed by atoms with Gasteiger partial charge in [0.1, 0.15) is 6.04 Å². The minimum atomic E-state index is -0.159. The first-order valence-corrected chi connectivity index (χ1v) is 7.79. The van der Waals surface area contributed by atoms with Crippen LogP contribution in [0.25, 0.3) is 0 Å². The predicted molar refractivity (Wildman–Crippen MR) is 72.6 cm³/mol. The lowest BCUT2D eigenvalue weighted by atomic mass is 9.73. The number of amides is 2. The molecular weight excluding hydrogens is 240 g/mol. The van der Waals surface area contributed by atoms with Crippen molar-refractivity contribution in [2.75, 3.05) is 13.1 Å². The Bertz CT molecular complexity index is 384. The molecule has 1 saturated carbocycles. The van der Waals surface area contributed by atoms with E-state index in [4.69, 9.17) is 0 Å². The van der Waals surface area contributed by atoms with Crippen LogP contribution in [0.4, 0.5) is 0 Å². The Morgan fingerprint density at radius 3 is 2.58 bits per heavy atom. The van der Waals surface area contributed by atoms with Gasteiger partial charge in [-0.3, -0.25) is 9.59 Å². The van der Waals surface area contributed by atoms with Crippen molar-refractivity contribution in [2.24, 2.45) is 0 Å². The topological polar surface area (TPSA) is 40.6 Å². The van der Waals surface area contributed by atoms with Gasteiger partial charge in [0.05, 0.1) is 0 Å². The summed E-state index contributed by atoms with van der Waals surface area (Å²) in [6, 6.07) is -0.159. The van der Waals surface area contributed by atoms with Crippen LogP contribution in [0.5, 0.6) is 0 Å². The van der Waals surface area contributed by atoms with E-state index < -0.39 is 0 Å². The summed E-state index contributed by atoms with van der Waals surface area (Å²) in [6.07, 6.45) is 8.00. The van der Waals surface area contributed by atoms with Crippen LogP contribution in [0.3, 0.4) is 0 Å². The lowest BCUT2D eigenvalue weighted by molar-refractivity contribution is -0.149. The highest BCUT2D eigenvalue weighted by Crippen LogP contribution is 2.42. The van der Waals surface area contributed by atoms with Crippen molar-refractivity contribution < 1.29 is 9.59 Å². The zero-order valence-corrected chi connectivity index (χ0v) is 11.9. The monoisotopic (exact) mass is 264 g/mol. The van der Waals surface area contributed by atoms with Crippen LogP contribution < -0.4 is 0 Å². The predicted octanol–water partition coefficient (Wildman–Crippen LogP) is 1.93. The normalized spacial score (nSPS) is 30.7. The van der Waals surface area contributed by atoms with Gasteiger partial charge in [-0.05, 0) is 44.9 Å². The Morgan fingerprint density at radius 2 is 1.95 bits per heavy atom. The lowest BCUT2D eigenvalue weighted by Gasteiger charge is -2.50. The molecule has 3 fully saturated rings. The quantitative estimate of drug-likeness (QED) is 0.764. The van der Waals surface area contributed by atoms with E-state index in [9.17, 15) is 9.59 Å². The molecule has 0 bridgehead atoms. The molecule has 1 unspecified atom stereocenters. The third kappa shape index (κ3) is 1.96. The van der Waals surface area contributed by atoms with Gasteiger partial charge in [-0.15, -0.1) is 0 Å². The highest BCUT2D eigenvalue weighted by molar-refractivity contribution is 5.90. The second-order valence-electron chi connectivity index (χ2n) is 6.27. The smallest absolute Gasteiger partial charge is 0.245 e. The summed E-state index contributed by atoms with van der Waals surface area (Å²) in [4.78, 5) is 29.0. The van der Waals surface area contributed by atoms with Crippen molar-refractivity contribution in [1.29, 1.82) is 0 Å². The fourth-order valence-corrected chi connectivity index (χ4v) is 4.00. The van der Waals surface area contributed by atoms with Gasteiger partial charge >= 0.3 is 0 Å². The minimum Gasteiger partial charge on any atom is -0.335 e. The number of nitrogens with zero attached hydrogens (tertiary/aromatic N) is 2. The van der Waals surface area contributed by atoms with E-state index in [0.717, 1.165) is 45.1 Å². The van der Waals surface area contributed by atoms with Crippen LogP contribution in [0.1, 0.15) is 58.3 Å². The van der Waals surface area contributed by atoms with Crippen LogP contribution in [-0.4, -0.2) is 46.3 Å². The van der Waals surface area contributed by atoms with Crippen molar-refractivity contribution >= 4 is 11.8 Å². The first-order chi connectivity index (χ1) is 9.18. The second-order valence-corrected chi connectivity index (χ2v) is 6.27. The minimum absolute atomic E-state index is 0.0742. The second kappa shape index (κ2) is 4.80. The summed E-state index contributed by atoms with van der Waals surface area (Å²) in [6.45, 7) is 3.60. The van der Waals surface area contributed by atoms with Gasteiger partial charge in [0.2, 0.25) is 11.8 Å². The fraction of sp³-hybridized carbons (Fsp3) is 0.867. The summed E-state index contributed by atoms with van der Waals surface area (Å²) >= 11 is 0. The van der Waals surface area contributed by atoms with Gasteiger partial charge in [0.15, 0.2) is 0 Å². The van der Waals surface area contributed by atoms with Crippen molar-refractivity contribution in [3.63, 3.8) is 0 Å². The Labute approximate surface area is 115 Å². The largest absolute Gasteiger partial charge is 0.335 e. The molecule has 4 heteroatoms. The maximum atomic E-state index is 12.9. The SMILES string of the molecule is CCC1(N2CCC(=O)N3CCCCC3C2=O)CCC1. The van der Waals surface area contributed by atoms with Crippen LogP contribution in [0.15, 0.2) is 0 Å². The van der Waals surface area contributed by atoms with Gasteiger partial charge in [0.25, 0.3) is 0 Å². The van der Waals surface area contributed by atoms with E-state index >= 15 is 0 Å². The molecular formula is C15H24N2O2. The molecule has 0 aromatic rings. The fourth-order valence-electron chi connectivity index (χ4n) is 4.00. The number of carbonyl (C=O) groups is 2. The highest BCUT2D eigenvalue weighted by Gasteiger charge is 2.48. The standard InChI is InChI=1S/C15H24N2O2/c1-2-15(8-5-9-15)17-11-7-13(18)16-10-4-3-6-12(16)14(17)19/h12H,2-11H2,1H3. The number of hydrogen-bond donors (Lipinski definition) is 0. The maximum absolute atomic E-state index is 12.9.